The summed E-state index contributed by atoms with van der Waals surface area (Å²) in [7, 11) is 1.55. The van der Waals surface area contributed by atoms with Gasteiger partial charge in [-0.2, -0.15) is 8.78 Å². The fourth-order valence-corrected chi connectivity index (χ4v) is 2.43. The Labute approximate surface area is 161 Å². The second-order valence-corrected chi connectivity index (χ2v) is 5.79. The summed E-state index contributed by atoms with van der Waals surface area (Å²) in [6.45, 7) is 0.168. The molecule has 2 rings (SSSR count). The molecule has 1 aromatic heterocycles. The smallest absolute Gasteiger partial charge is 0.387 e. The maximum atomic E-state index is 12.6. The molecular weight excluding hydrogens is 378 g/mol. The van der Waals surface area contributed by atoms with E-state index in [1.165, 1.54) is 12.1 Å². The molecule has 0 atom stereocenters. The third kappa shape index (κ3) is 6.90. The van der Waals surface area contributed by atoms with Crippen LogP contribution in [0.5, 0.6) is 11.6 Å². The minimum absolute atomic E-state index is 0.0449. The van der Waals surface area contributed by atoms with Crippen LogP contribution in [0.25, 0.3) is 0 Å². The van der Waals surface area contributed by atoms with Gasteiger partial charge in [0, 0.05) is 23.2 Å². The highest BCUT2D eigenvalue weighted by Gasteiger charge is 2.10. The lowest BCUT2D eigenvalue weighted by molar-refractivity contribution is -0.0504. The molecule has 6 nitrogen and oxygen atoms in total. The van der Waals surface area contributed by atoms with Gasteiger partial charge in [0.05, 0.1) is 25.9 Å². The van der Waals surface area contributed by atoms with Crippen molar-refractivity contribution in [1.82, 2.24) is 15.6 Å². The predicted octanol–water partition coefficient (Wildman–Crippen LogP) is 3.60. The summed E-state index contributed by atoms with van der Waals surface area (Å²) in [5, 5.41) is 6.63. The first-order valence-corrected chi connectivity index (χ1v) is 8.65. The van der Waals surface area contributed by atoms with E-state index in [2.05, 4.69) is 25.3 Å². The molecule has 0 unspecified atom stereocenters. The van der Waals surface area contributed by atoms with Crippen LogP contribution in [0.15, 0.2) is 41.4 Å². The number of nitrogens with zero attached hydrogens (tertiary/aromatic N) is 2. The number of halogens is 3. The highest BCUT2D eigenvalue weighted by molar-refractivity contribution is 6.30. The fourth-order valence-electron chi connectivity index (χ4n) is 2.23. The Balaban J connectivity index is 2.09. The molecule has 0 aliphatic carbocycles. The monoisotopic (exact) mass is 398 g/mol. The number of aromatic nitrogens is 1. The van der Waals surface area contributed by atoms with Crippen molar-refractivity contribution >= 4 is 17.6 Å². The van der Waals surface area contributed by atoms with Crippen molar-refractivity contribution in [3.63, 3.8) is 0 Å². The van der Waals surface area contributed by atoms with Crippen LogP contribution in [0.1, 0.15) is 18.2 Å². The minimum atomic E-state index is -2.92. The van der Waals surface area contributed by atoms with E-state index < -0.39 is 6.61 Å². The lowest BCUT2D eigenvalue weighted by Gasteiger charge is -2.13. The van der Waals surface area contributed by atoms with Gasteiger partial charge in [-0.15, -0.1) is 0 Å². The van der Waals surface area contributed by atoms with E-state index in [1.807, 2.05) is 19.1 Å². The van der Waals surface area contributed by atoms with Gasteiger partial charge in [0.15, 0.2) is 5.96 Å². The zero-order chi connectivity index (χ0) is 19.6. The molecule has 0 amide bonds. The SMILES string of the molecule is CCNC(=NCc1cc(Cl)ccc1OC(F)F)NCc1cccc(OC)n1. The van der Waals surface area contributed by atoms with Crippen molar-refractivity contribution < 1.29 is 18.3 Å². The third-order valence-electron chi connectivity index (χ3n) is 3.42. The summed E-state index contributed by atoms with van der Waals surface area (Å²) in [5.74, 6) is 1.07. The highest BCUT2D eigenvalue weighted by atomic mass is 35.5. The molecule has 0 radical (unpaired) electrons. The maximum absolute atomic E-state index is 12.6. The van der Waals surface area contributed by atoms with Gasteiger partial charge in [0.25, 0.3) is 0 Å². The molecule has 0 fully saturated rings. The van der Waals surface area contributed by atoms with Gasteiger partial charge in [-0.1, -0.05) is 17.7 Å². The van der Waals surface area contributed by atoms with Gasteiger partial charge in [-0.25, -0.2) is 9.98 Å². The standard InChI is InChI=1S/C18H21ClF2N4O2/c1-3-22-18(24-11-14-5-4-6-16(25-14)26-2)23-10-12-9-13(19)7-8-15(12)27-17(20)21/h4-9,17H,3,10-11H2,1-2H3,(H2,22,23,24). The molecule has 2 aromatic rings. The van der Waals surface area contributed by atoms with Crippen molar-refractivity contribution in [2.45, 2.75) is 26.6 Å². The average molecular weight is 399 g/mol. The first kappa shape index (κ1) is 20.7. The van der Waals surface area contributed by atoms with Gasteiger partial charge in [-0.3, -0.25) is 0 Å². The molecule has 1 aromatic carbocycles. The number of ether oxygens (including phenoxy) is 2. The normalized spacial score (nSPS) is 11.4. The van der Waals surface area contributed by atoms with Crippen molar-refractivity contribution in [2.24, 2.45) is 4.99 Å². The maximum Gasteiger partial charge on any atom is 0.387 e. The first-order valence-electron chi connectivity index (χ1n) is 8.27. The van der Waals surface area contributed by atoms with E-state index in [9.17, 15) is 8.78 Å². The van der Waals surface area contributed by atoms with Crippen molar-refractivity contribution in [3.05, 3.63) is 52.7 Å². The quantitative estimate of drug-likeness (QED) is 0.525. The summed E-state index contributed by atoms with van der Waals surface area (Å²) in [6.07, 6.45) is 0. The van der Waals surface area contributed by atoms with Crippen LogP contribution in [0.2, 0.25) is 5.02 Å². The molecule has 146 valence electrons. The van der Waals surface area contributed by atoms with Crippen LogP contribution in [-0.4, -0.2) is 31.2 Å². The number of benzene rings is 1. The van der Waals surface area contributed by atoms with Crippen molar-refractivity contribution in [3.8, 4) is 11.6 Å². The van der Waals surface area contributed by atoms with E-state index in [1.54, 1.807) is 19.2 Å². The van der Waals surface area contributed by atoms with Crippen LogP contribution < -0.4 is 20.1 Å². The van der Waals surface area contributed by atoms with Crippen LogP contribution >= 0.6 is 11.6 Å². The molecule has 0 saturated heterocycles. The fraction of sp³-hybridized carbons (Fsp3) is 0.333. The minimum Gasteiger partial charge on any atom is -0.481 e. The van der Waals surface area contributed by atoms with Gasteiger partial charge in [-0.05, 0) is 31.2 Å². The number of guanidine groups is 1. The van der Waals surface area contributed by atoms with Gasteiger partial charge >= 0.3 is 6.61 Å². The number of hydrogen-bond donors (Lipinski definition) is 2. The Bertz CT molecular complexity index is 775. The topological polar surface area (TPSA) is 67.8 Å². The van der Waals surface area contributed by atoms with E-state index in [0.717, 1.165) is 5.69 Å². The first-order chi connectivity index (χ1) is 13.0. The van der Waals surface area contributed by atoms with Crippen molar-refractivity contribution in [1.29, 1.82) is 0 Å². The number of aliphatic imine (C=N–C) groups is 1. The molecule has 27 heavy (non-hydrogen) atoms. The van der Waals surface area contributed by atoms with Crippen LogP contribution in [0, 0.1) is 0 Å². The zero-order valence-corrected chi connectivity index (χ0v) is 15.8. The zero-order valence-electron chi connectivity index (χ0n) is 15.0. The number of pyridine rings is 1. The second-order valence-electron chi connectivity index (χ2n) is 5.35. The Morgan fingerprint density at radius 2 is 2.07 bits per heavy atom. The summed E-state index contributed by atoms with van der Waals surface area (Å²) >= 11 is 5.96. The molecule has 2 N–H and O–H groups in total. The Morgan fingerprint density at radius 3 is 2.78 bits per heavy atom. The van der Waals surface area contributed by atoms with E-state index in [4.69, 9.17) is 16.3 Å². The van der Waals surface area contributed by atoms with E-state index in [0.29, 0.717) is 35.5 Å². The lowest BCUT2D eigenvalue weighted by Crippen LogP contribution is -2.37. The number of rotatable bonds is 8. The Hall–Kier alpha value is -2.61. The van der Waals surface area contributed by atoms with E-state index >= 15 is 0 Å². The predicted molar refractivity (Wildman–Crippen MR) is 101 cm³/mol. The molecule has 0 bridgehead atoms. The van der Waals surface area contributed by atoms with Gasteiger partial charge in [0.2, 0.25) is 5.88 Å². The number of nitrogens with one attached hydrogen (secondary N) is 2. The molecule has 0 spiro atoms. The molecule has 0 aliphatic heterocycles. The summed E-state index contributed by atoms with van der Waals surface area (Å²) in [5.41, 5.74) is 1.23. The largest absolute Gasteiger partial charge is 0.481 e. The molecule has 0 aliphatic rings. The molecule has 9 heteroatoms. The number of methoxy groups -OCH3 is 1. The second kappa shape index (κ2) is 10.5. The lowest BCUT2D eigenvalue weighted by atomic mass is 10.2. The van der Waals surface area contributed by atoms with Crippen LogP contribution in [0.3, 0.4) is 0 Å². The summed E-state index contributed by atoms with van der Waals surface area (Å²) < 4.78 is 34.7. The Morgan fingerprint density at radius 1 is 1.26 bits per heavy atom. The van der Waals surface area contributed by atoms with Crippen LogP contribution in [-0.2, 0) is 13.1 Å². The van der Waals surface area contributed by atoms with Gasteiger partial charge < -0.3 is 20.1 Å². The van der Waals surface area contributed by atoms with Crippen molar-refractivity contribution in [2.75, 3.05) is 13.7 Å². The third-order valence-corrected chi connectivity index (χ3v) is 3.65. The summed E-state index contributed by atoms with van der Waals surface area (Å²) in [4.78, 5) is 8.71. The highest BCUT2D eigenvalue weighted by Crippen LogP contribution is 2.25. The summed E-state index contributed by atoms with van der Waals surface area (Å²) in [6, 6.07) is 9.89. The van der Waals surface area contributed by atoms with E-state index in [-0.39, 0.29) is 12.3 Å². The number of alkyl halides is 2. The van der Waals surface area contributed by atoms with Gasteiger partial charge in [0.1, 0.15) is 5.75 Å². The number of hydrogen-bond acceptors (Lipinski definition) is 4. The Kier molecular flexibility index (Phi) is 8.06. The molecule has 1 heterocycles. The average Bonchev–Trinajstić information content (AvgIpc) is 2.65. The molecular formula is C18H21ClF2N4O2. The van der Waals surface area contributed by atoms with Crippen LogP contribution in [0.4, 0.5) is 8.78 Å². The molecule has 0 saturated carbocycles.